The normalized spacial score (nSPS) is 14.9. The van der Waals surface area contributed by atoms with Crippen LogP contribution < -0.4 is 15.0 Å². The third-order valence-corrected chi connectivity index (χ3v) is 6.77. The highest BCUT2D eigenvalue weighted by Crippen LogP contribution is 2.37. The molecule has 1 aromatic carbocycles. The van der Waals surface area contributed by atoms with Gasteiger partial charge in [0.25, 0.3) is 5.91 Å². The molecule has 4 rings (SSSR count). The molecular formula is C23H22N4O5S2. The molecule has 0 aliphatic carbocycles. The van der Waals surface area contributed by atoms with Gasteiger partial charge in [0.15, 0.2) is 11.2 Å². The highest BCUT2D eigenvalue weighted by atomic mass is 32.1. The maximum absolute atomic E-state index is 12.9. The average molecular weight is 499 g/mol. The van der Waals surface area contributed by atoms with Crippen molar-refractivity contribution in [2.45, 2.75) is 26.9 Å². The molecule has 0 radical (unpaired) electrons. The van der Waals surface area contributed by atoms with Crippen molar-refractivity contribution in [3.05, 3.63) is 51.8 Å². The number of carbonyl (C=O) groups is 3. The first kappa shape index (κ1) is 23.6. The van der Waals surface area contributed by atoms with E-state index in [4.69, 9.17) is 9.47 Å². The van der Waals surface area contributed by atoms with Gasteiger partial charge in [0.05, 0.1) is 22.1 Å². The molecule has 0 bridgehead atoms. The molecular weight excluding hydrogens is 476 g/mol. The fraction of sp³-hybridized carbons (Fsp3) is 0.261. The highest BCUT2D eigenvalue weighted by molar-refractivity contribution is 7.17. The average Bonchev–Trinajstić information content (AvgIpc) is 3.40. The number of carbonyl (C=O) groups excluding carboxylic acids is 3. The summed E-state index contributed by atoms with van der Waals surface area (Å²) in [6, 6.07) is 5.44. The number of esters is 1. The molecule has 9 nitrogen and oxygen atoms in total. The number of thiazole rings is 2. The Morgan fingerprint density at radius 2 is 2.12 bits per heavy atom. The molecule has 2 amide bonds. The quantitative estimate of drug-likeness (QED) is 0.387. The first-order valence-corrected chi connectivity index (χ1v) is 12.1. The predicted octanol–water partition coefficient (Wildman–Crippen LogP) is 3.98. The van der Waals surface area contributed by atoms with E-state index in [0.29, 0.717) is 22.0 Å². The van der Waals surface area contributed by atoms with Crippen molar-refractivity contribution in [2.75, 3.05) is 23.4 Å². The number of aryl methyl sites for hydroxylation is 2. The second-order valence-corrected chi connectivity index (χ2v) is 9.55. The lowest BCUT2D eigenvalue weighted by molar-refractivity contribution is -0.127. The summed E-state index contributed by atoms with van der Waals surface area (Å²) in [5.74, 6) is -0.819. The van der Waals surface area contributed by atoms with Crippen molar-refractivity contribution in [2.24, 2.45) is 0 Å². The number of nitrogens with one attached hydrogen (secondary N) is 1. The lowest BCUT2D eigenvalue weighted by Crippen LogP contribution is -2.47. The molecule has 0 spiro atoms. The minimum Gasteiger partial charge on any atom is -0.479 e. The molecule has 3 aromatic rings. The third-order valence-electron chi connectivity index (χ3n) is 4.94. The van der Waals surface area contributed by atoms with E-state index >= 15 is 0 Å². The molecule has 0 saturated carbocycles. The maximum Gasteiger partial charge on any atom is 0.350 e. The third kappa shape index (κ3) is 4.85. The molecule has 1 aliphatic rings. The first-order valence-electron chi connectivity index (χ1n) is 10.4. The van der Waals surface area contributed by atoms with E-state index in [9.17, 15) is 14.4 Å². The Kier molecular flexibility index (Phi) is 6.75. The lowest BCUT2D eigenvalue weighted by atomic mass is 10.1. The lowest BCUT2D eigenvalue weighted by Gasteiger charge is -2.32. The number of hydrogen-bond donors (Lipinski definition) is 1. The zero-order chi connectivity index (χ0) is 24.4. The Morgan fingerprint density at radius 3 is 2.82 bits per heavy atom. The Labute approximate surface area is 204 Å². The van der Waals surface area contributed by atoms with Crippen LogP contribution in [0, 0.1) is 13.8 Å². The van der Waals surface area contributed by atoms with E-state index < -0.39 is 18.0 Å². The largest absolute Gasteiger partial charge is 0.479 e. The molecule has 2 aromatic heterocycles. The van der Waals surface area contributed by atoms with Crippen molar-refractivity contribution in [3.63, 3.8) is 0 Å². The molecule has 0 fully saturated rings. The standard InChI is InChI=1S/C23H22N4O5S2/c1-5-8-31-22(30)20-12(2)24-23(34-20)26-19(28)10-27-17-9-15(16-11-33-14(4)25-16)6-7-18(17)32-13(3)21(27)29/h5-7,9,11,13H,1,8,10H2,2-4H3,(H,24,26,28). The van der Waals surface area contributed by atoms with E-state index in [1.807, 2.05) is 18.4 Å². The van der Waals surface area contributed by atoms with Crippen molar-refractivity contribution >= 4 is 51.3 Å². The summed E-state index contributed by atoms with van der Waals surface area (Å²) in [6.45, 7) is 8.56. The van der Waals surface area contributed by atoms with Gasteiger partial charge < -0.3 is 14.8 Å². The molecule has 0 saturated heterocycles. The Balaban J connectivity index is 1.54. The second-order valence-electron chi connectivity index (χ2n) is 7.49. The van der Waals surface area contributed by atoms with Crippen LogP contribution in [0.5, 0.6) is 5.75 Å². The van der Waals surface area contributed by atoms with Crippen LogP contribution in [0.1, 0.15) is 27.3 Å². The molecule has 1 atom stereocenters. The minimum atomic E-state index is -0.735. The number of hydrogen-bond acceptors (Lipinski definition) is 9. The number of anilines is 2. The molecule has 1 unspecified atom stereocenters. The van der Waals surface area contributed by atoms with Crippen molar-refractivity contribution < 1.29 is 23.9 Å². The second kappa shape index (κ2) is 9.74. The fourth-order valence-electron chi connectivity index (χ4n) is 3.37. The van der Waals surface area contributed by atoms with E-state index in [0.717, 1.165) is 27.6 Å². The highest BCUT2D eigenvalue weighted by Gasteiger charge is 2.33. The van der Waals surface area contributed by atoms with Gasteiger partial charge in [-0.15, -0.1) is 11.3 Å². The van der Waals surface area contributed by atoms with Crippen LogP contribution in [0.3, 0.4) is 0 Å². The Morgan fingerprint density at radius 1 is 1.32 bits per heavy atom. The summed E-state index contributed by atoms with van der Waals surface area (Å²) in [5.41, 5.74) is 2.54. The van der Waals surface area contributed by atoms with Crippen LogP contribution in [0.4, 0.5) is 10.8 Å². The summed E-state index contributed by atoms with van der Waals surface area (Å²) >= 11 is 2.54. The van der Waals surface area contributed by atoms with Crippen LogP contribution in [0.25, 0.3) is 11.3 Å². The monoisotopic (exact) mass is 498 g/mol. The van der Waals surface area contributed by atoms with Crippen molar-refractivity contribution in [1.82, 2.24) is 9.97 Å². The summed E-state index contributed by atoms with van der Waals surface area (Å²) in [7, 11) is 0. The van der Waals surface area contributed by atoms with E-state index in [1.54, 1.807) is 26.0 Å². The molecule has 3 heterocycles. The van der Waals surface area contributed by atoms with E-state index in [1.165, 1.54) is 22.3 Å². The maximum atomic E-state index is 12.9. The van der Waals surface area contributed by atoms with Gasteiger partial charge in [0, 0.05) is 10.9 Å². The zero-order valence-electron chi connectivity index (χ0n) is 18.8. The van der Waals surface area contributed by atoms with Crippen LogP contribution in [0.15, 0.2) is 36.2 Å². The summed E-state index contributed by atoms with van der Waals surface area (Å²) in [6.07, 6.45) is 0.733. The van der Waals surface area contributed by atoms with Gasteiger partial charge in [0.2, 0.25) is 5.91 Å². The number of benzene rings is 1. The number of amides is 2. The van der Waals surface area contributed by atoms with Gasteiger partial charge >= 0.3 is 5.97 Å². The van der Waals surface area contributed by atoms with Gasteiger partial charge in [-0.3, -0.25) is 14.5 Å². The van der Waals surface area contributed by atoms with Crippen molar-refractivity contribution in [3.8, 4) is 17.0 Å². The molecule has 34 heavy (non-hydrogen) atoms. The van der Waals surface area contributed by atoms with Crippen LogP contribution >= 0.6 is 22.7 Å². The van der Waals surface area contributed by atoms with Gasteiger partial charge in [0.1, 0.15) is 23.8 Å². The number of fused-ring (bicyclic) bond motifs is 1. The number of rotatable bonds is 7. The number of ether oxygens (including phenoxy) is 2. The van der Waals surface area contributed by atoms with Gasteiger partial charge in [-0.05, 0) is 39.0 Å². The molecule has 176 valence electrons. The molecule has 1 aliphatic heterocycles. The van der Waals surface area contributed by atoms with Crippen LogP contribution in [0.2, 0.25) is 0 Å². The number of aromatic nitrogens is 2. The van der Waals surface area contributed by atoms with E-state index in [-0.39, 0.29) is 24.2 Å². The Hall–Kier alpha value is -3.57. The van der Waals surface area contributed by atoms with Gasteiger partial charge in [-0.1, -0.05) is 24.0 Å². The smallest absolute Gasteiger partial charge is 0.350 e. The number of nitrogens with zero attached hydrogens (tertiary/aromatic N) is 3. The van der Waals surface area contributed by atoms with Crippen molar-refractivity contribution in [1.29, 1.82) is 0 Å². The fourth-order valence-corrected chi connectivity index (χ4v) is 4.87. The van der Waals surface area contributed by atoms with Gasteiger partial charge in [-0.2, -0.15) is 0 Å². The minimum absolute atomic E-state index is 0.0804. The first-order chi connectivity index (χ1) is 16.3. The predicted molar refractivity (Wildman–Crippen MR) is 131 cm³/mol. The molecule has 11 heteroatoms. The van der Waals surface area contributed by atoms with Crippen LogP contribution in [-0.4, -0.2) is 47.0 Å². The van der Waals surface area contributed by atoms with E-state index in [2.05, 4.69) is 21.9 Å². The topological polar surface area (TPSA) is 111 Å². The zero-order valence-corrected chi connectivity index (χ0v) is 20.4. The summed E-state index contributed by atoms with van der Waals surface area (Å²) in [5, 5.41) is 5.78. The van der Waals surface area contributed by atoms with Gasteiger partial charge in [-0.25, -0.2) is 14.8 Å². The Bertz CT molecular complexity index is 1280. The van der Waals surface area contributed by atoms with Crippen LogP contribution in [-0.2, 0) is 14.3 Å². The molecule has 1 N–H and O–H groups in total. The summed E-state index contributed by atoms with van der Waals surface area (Å²) < 4.78 is 10.8. The summed E-state index contributed by atoms with van der Waals surface area (Å²) in [4.78, 5) is 48.3. The SMILES string of the molecule is C=CCOC(=O)c1sc(NC(=O)CN2C(=O)C(C)Oc3ccc(-c4csc(C)n4)cc32)nc1C.